The lowest BCUT2D eigenvalue weighted by molar-refractivity contribution is -0.126. The minimum Gasteiger partial charge on any atom is -0.467 e. The second-order valence-electron chi connectivity index (χ2n) is 8.88. The van der Waals surface area contributed by atoms with Crippen LogP contribution in [0.2, 0.25) is 0 Å². The molecule has 2 aromatic carbocycles. The molecule has 3 amide bonds. The van der Waals surface area contributed by atoms with Crippen molar-refractivity contribution in [2.75, 3.05) is 11.4 Å². The first kappa shape index (κ1) is 25.9. The monoisotopic (exact) mass is 515 g/mol. The second-order valence-corrected chi connectivity index (χ2v) is 9.83. The number of aryl methyl sites for hydroxylation is 3. The fraction of sp³-hybridized carbons (Fsp3) is 0.207. The van der Waals surface area contributed by atoms with E-state index in [4.69, 9.17) is 4.42 Å². The molecule has 2 N–H and O–H groups in total. The van der Waals surface area contributed by atoms with Gasteiger partial charge in [0.25, 0.3) is 5.91 Å². The standard InChI is InChI=1S/C29H29N3O4S/c1-19-8-10-22(11-9-19)27(29(35)30-17-24-6-4-12-36-24)32(23-15-20(2)14-21(3)16-23)26(33)18-31-28(34)25-7-5-13-37-25/h4-16,27H,17-18H2,1-3H3,(H,30,35)(H,31,34)/t27-/m0/s1. The van der Waals surface area contributed by atoms with Crippen molar-refractivity contribution in [1.82, 2.24) is 10.6 Å². The molecule has 8 heteroatoms. The van der Waals surface area contributed by atoms with E-state index in [2.05, 4.69) is 10.6 Å². The molecule has 2 aromatic heterocycles. The van der Waals surface area contributed by atoms with Crippen LogP contribution in [-0.4, -0.2) is 24.3 Å². The Balaban J connectivity index is 1.71. The Hall–Kier alpha value is -4.17. The topological polar surface area (TPSA) is 91.7 Å². The van der Waals surface area contributed by atoms with Gasteiger partial charge in [0, 0.05) is 5.69 Å². The van der Waals surface area contributed by atoms with E-state index in [-0.39, 0.29) is 24.9 Å². The molecule has 7 nitrogen and oxygen atoms in total. The molecule has 0 saturated heterocycles. The van der Waals surface area contributed by atoms with Gasteiger partial charge in [-0.15, -0.1) is 11.3 Å². The van der Waals surface area contributed by atoms with Crippen LogP contribution in [0.1, 0.15) is 43.7 Å². The lowest BCUT2D eigenvalue weighted by Crippen LogP contribution is -2.47. The molecule has 0 saturated carbocycles. The van der Waals surface area contributed by atoms with Gasteiger partial charge in [0.05, 0.1) is 24.2 Å². The molecule has 4 aromatic rings. The van der Waals surface area contributed by atoms with Crippen LogP contribution in [0, 0.1) is 20.8 Å². The third-order valence-electron chi connectivity index (χ3n) is 5.82. The average Bonchev–Trinajstić information content (AvgIpc) is 3.59. The smallest absolute Gasteiger partial charge is 0.261 e. The Kier molecular flexibility index (Phi) is 8.20. The Morgan fingerprint density at radius 2 is 1.62 bits per heavy atom. The molecule has 37 heavy (non-hydrogen) atoms. The fourth-order valence-electron chi connectivity index (χ4n) is 4.11. The van der Waals surface area contributed by atoms with Gasteiger partial charge in [-0.3, -0.25) is 19.3 Å². The van der Waals surface area contributed by atoms with Gasteiger partial charge in [0.1, 0.15) is 11.8 Å². The maximum Gasteiger partial charge on any atom is 0.261 e. The Labute approximate surface area is 220 Å². The van der Waals surface area contributed by atoms with Crippen molar-refractivity contribution in [3.63, 3.8) is 0 Å². The average molecular weight is 516 g/mol. The summed E-state index contributed by atoms with van der Waals surface area (Å²) < 4.78 is 5.37. The summed E-state index contributed by atoms with van der Waals surface area (Å²) in [6, 6.07) is 19.3. The number of nitrogens with one attached hydrogen (secondary N) is 2. The summed E-state index contributed by atoms with van der Waals surface area (Å²) in [6.45, 7) is 5.75. The minimum absolute atomic E-state index is 0.179. The van der Waals surface area contributed by atoms with Crippen molar-refractivity contribution in [1.29, 1.82) is 0 Å². The van der Waals surface area contributed by atoms with Crippen molar-refractivity contribution >= 4 is 34.7 Å². The lowest BCUT2D eigenvalue weighted by atomic mass is 10.0. The van der Waals surface area contributed by atoms with Crippen molar-refractivity contribution in [3.05, 3.63) is 111 Å². The molecule has 4 rings (SSSR count). The second kappa shape index (κ2) is 11.7. The highest BCUT2D eigenvalue weighted by Crippen LogP contribution is 2.30. The number of carbonyl (C=O) groups excluding carboxylic acids is 3. The van der Waals surface area contributed by atoms with Gasteiger partial charge >= 0.3 is 0 Å². The maximum absolute atomic E-state index is 13.8. The highest BCUT2D eigenvalue weighted by atomic mass is 32.1. The molecular weight excluding hydrogens is 486 g/mol. The van der Waals surface area contributed by atoms with Crippen LogP contribution in [0.15, 0.2) is 82.8 Å². The molecule has 1 atom stereocenters. The largest absolute Gasteiger partial charge is 0.467 e. The minimum atomic E-state index is -0.970. The zero-order valence-corrected chi connectivity index (χ0v) is 21.8. The molecule has 2 heterocycles. The van der Waals surface area contributed by atoms with Crippen LogP contribution in [0.25, 0.3) is 0 Å². The van der Waals surface area contributed by atoms with Gasteiger partial charge in [-0.05, 0) is 73.2 Å². The van der Waals surface area contributed by atoms with Crippen molar-refractivity contribution in [2.45, 2.75) is 33.4 Å². The van der Waals surface area contributed by atoms with Crippen LogP contribution in [0.3, 0.4) is 0 Å². The number of amides is 3. The highest BCUT2D eigenvalue weighted by Gasteiger charge is 2.33. The Morgan fingerprint density at radius 1 is 0.892 bits per heavy atom. The van der Waals surface area contributed by atoms with E-state index < -0.39 is 11.9 Å². The molecule has 0 aliphatic carbocycles. The summed E-state index contributed by atoms with van der Waals surface area (Å²) in [5.41, 5.74) is 4.17. The van der Waals surface area contributed by atoms with Crippen LogP contribution in [-0.2, 0) is 16.1 Å². The molecule has 190 valence electrons. The van der Waals surface area contributed by atoms with E-state index in [9.17, 15) is 14.4 Å². The molecule has 0 fully saturated rings. The normalized spacial score (nSPS) is 11.5. The number of nitrogens with zero attached hydrogens (tertiary/aromatic N) is 1. The fourth-order valence-corrected chi connectivity index (χ4v) is 4.75. The number of furan rings is 1. The first-order valence-electron chi connectivity index (χ1n) is 11.9. The third-order valence-corrected chi connectivity index (χ3v) is 6.68. The zero-order chi connectivity index (χ0) is 26.4. The molecule has 0 aliphatic heterocycles. The summed E-state index contributed by atoms with van der Waals surface area (Å²) in [5.74, 6) is -0.507. The molecule has 0 spiro atoms. The number of hydrogen-bond donors (Lipinski definition) is 2. The Bertz CT molecular complexity index is 1340. The van der Waals surface area contributed by atoms with Gasteiger partial charge in [-0.2, -0.15) is 0 Å². The quantitative estimate of drug-likeness (QED) is 0.325. The van der Waals surface area contributed by atoms with E-state index in [0.717, 1.165) is 16.7 Å². The zero-order valence-electron chi connectivity index (χ0n) is 21.0. The predicted octanol–water partition coefficient (Wildman–Crippen LogP) is 5.09. The first-order chi connectivity index (χ1) is 17.8. The van der Waals surface area contributed by atoms with E-state index in [0.29, 0.717) is 21.9 Å². The van der Waals surface area contributed by atoms with Gasteiger partial charge in [-0.25, -0.2) is 0 Å². The van der Waals surface area contributed by atoms with Gasteiger partial charge in [0.15, 0.2) is 0 Å². The first-order valence-corrected chi connectivity index (χ1v) is 12.8. The SMILES string of the molecule is Cc1ccc([C@@H](C(=O)NCc2ccco2)N(C(=O)CNC(=O)c2cccs2)c2cc(C)cc(C)c2)cc1. The number of benzene rings is 2. The maximum atomic E-state index is 13.8. The van der Waals surface area contributed by atoms with Gasteiger partial charge in [-0.1, -0.05) is 42.0 Å². The van der Waals surface area contributed by atoms with E-state index >= 15 is 0 Å². The van der Waals surface area contributed by atoms with Crippen molar-refractivity contribution in [2.24, 2.45) is 0 Å². The van der Waals surface area contributed by atoms with Crippen LogP contribution in [0.4, 0.5) is 5.69 Å². The van der Waals surface area contributed by atoms with Crippen LogP contribution in [0.5, 0.6) is 0 Å². The number of hydrogen-bond acceptors (Lipinski definition) is 5. The number of anilines is 1. The van der Waals surface area contributed by atoms with E-state index in [1.54, 1.807) is 35.9 Å². The van der Waals surface area contributed by atoms with E-state index in [1.165, 1.54) is 16.2 Å². The van der Waals surface area contributed by atoms with Crippen molar-refractivity contribution in [3.8, 4) is 0 Å². The predicted molar refractivity (Wildman–Crippen MR) is 145 cm³/mol. The summed E-state index contributed by atoms with van der Waals surface area (Å²) in [6.07, 6.45) is 1.54. The number of thiophene rings is 1. The lowest BCUT2D eigenvalue weighted by Gasteiger charge is -2.32. The molecule has 0 bridgehead atoms. The summed E-state index contributed by atoms with van der Waals surface area (Å²) in [5, 5.41) is 7.42. The van der Waals surface area contributed by atoms with Crippen LogP contribution >= 0.6 is 11.3 Å². The summed E-state index contributed by atoms with van der Waals surface area (Å²) >= 11 is 1.30. The van der Waals surface area contributed by atoms with E-state index in [1.807, 2.05) is 63.2 Å². The van der Waals surface area contributed by atoms with Crippen LogP contribution < -0.4 is 15.5 Å². The third kappa shape index (κ3) is 6.54. The van der Waals surface area contributed by atoms with Gasteiger partial charge < -0.3 is 15.1 Å². The summed E-state index contributed by atoms with van der Waals surface area (Å²) in [7, 11) is 0. The molecular formula is C29H29N3O4S. The summed E-state index contributed by atoms with van der Waals surface area (Å²) in [4.78, 5) is 42.0. The molecule has 0 unspecified atom stereocenters. The Morgan fingerprint density at radius 3 is 2.24 bits per heavy atom. The number of rotatable bonds is 9. The number of carbonyl (C=O) groups is 3. The molecule has 0 radical (unpaired) electrons. The highest BCUT2D eigenvalue weighted by molar-refractivity contribution is 7.12. The van der Waals surface area contributed by atoms with Crippen molar-refractivity contribution < 1.29 is 18.8 Å². The molecule has 0 aliphatic rings. The van der Waals surface area contributed by atoms with Gasteiger partial charge in [0.2, 0.25) is 11.8 Å².